The molecule has 2 N–H and O–H groups in total. The SMILES string of the molecule is C#Cc1ccc(C(C(=O)NCc2ccccc2)N(CCCCCCC)C(=O)C(CC(C)C)NC(=O)OC(C)(C)C)cc1. The number of hydrogen-bond acceptors (Lipinski definition) is 4. The number of nitrogens with one attached hydrogen (secondary N) is 2. The smallest absolute Gasteiger partial charge is 0.408 e. The van der Waals surface area contributed by atoms with E-state index < -0.39 is 23.8 Å². The van der Waals surface area contributed by atoms with E-state index in [0.29, 0.717) is 30.6 Å². The molecule has 228 valence electrons. The highest BCUT2D eigenvalue weighted by Gasteiger charge is 2.36. The van der Waals surface area contributed by atoms with Gasteiger partial charge in [-0.05, 0) is 62.8 Å². The van der Waals surface area contributed by atoms with Crippen molar-refractivity contribution in [2.24, 2.45) is 5.92 Å². The lowest BCUT2D eigenvalue weighted by atomic mass is 9.98. The molecule has 0 aromatic heterocycles. The summed E-state index contributed by atoms with van der Waals surface area (Å²) in [5.74, 6) is 2.11. The first kappa shape index (κ1) is 34.4. The fourth-order valence-electron chi connectivity index (χ4n) is 4.71. The van der Waals surface area contributed by atoms with Crippen LogP contribution >= 0.6 is 0 Å². The van der Waals surface area contributed by atoms with E-state index >= 15 is 0 Å². The van der Waals surface area contributed by atoms with Crippen molar-refractivity contribution in [1.82, 2.24) is 15.5 Å². The monoisotopic (exact) mass is 575 g/mol. The number of benzene rings is 2. The molecule has 0 spiro atoms. The van der Waals surface area contributed by atoms with Crippen LogP contribution in [0.15, 0.2) is 54.6 Å². The lowest BCUT2D eigenvalue weighted by Gasteiger charge is -2.35. The molecule has 0 aliphatic rings. The molecule has 0 heterocycles. The van der Waals surface area contributed by atoms with Crippen LogP contribution in [0.5, 0.6) is 0 Å². The normalized spacial score (nSPS) is 12.6. The second-order valence-corrected chi connectivity index (χ2v) is 12.1. The van der Waals surface area contributed by atoms with Crippen molar-refractivity contribution in [1.29, 1.82) is 0 Å². The molecule has 0 aliphatic carbocycles. The van der Waals surface area contributed by atoms with E-state index in [1.165, 1.54) is 0 Å². The van der Waals surface area contributed by atoms with E-state index in [1.54, 1.807) is 49.9 Å². The fourth-order valence-corrected chi connectivity index (χ4v) is 4.71. The maximum atomic E-state index is 14.4. The molecule has 0 saturated carbocycles. The Bertz CT molecular complexity index is 1160. The van der Waals surface area contributed by atoms with Gasteiger partial charge in [0.25, 0.3) is 0 Å². The minimum atomic E-state index is -0.908. The summed E-state index contributed by atoms with van der Waals surface area (Å²) >= 11 is 0. The standard InChI is InChI=1S/C35H49N3O4/c1-8-10-11-12-16-23-38(33(40)30(24-26(3)4)37-34(41)42-35(5,6)7)31(29-21-19-27(9-2)20-22-29)32(39)36-25-28-17-14-13-15-18-28/h2,13-15,17-22,26,30-31H,8,10-12,16,23-25H2,1,3-7H3,(H,36,39)(H,37,41). The molecular weight excluding hydrogens is 526 g/mol. The Morgan fingerprint density at radius 3 is 2.17 bits per heavy atom. The quantitative estimate of drug-likeness (QED) is 0.181. The van der Waals surface area contributed by atoms with Crippen molar-refractivity contribution in [3.8, 4) is 12.3 Å². The average molecular weight is 576 g/mol. The van der Waals surface area contributed by atoms with Gasteiger partial charge in [0.1, 0.15) is 17.7 Å². The number of rotatable bonds is 15. The molecule has 0 bridgehead atoms. The molecule has 7 heteroatoms. The predicted molar refractivity (Wildman–Crippen MR) is 168 cm³/mol. The van der Waals surface area contributed by atoms with Gasteiger partial charge >= 0.3 is 6.09 Å². The minimum absolute atomic E-state index is 0.112. The molecule has 0 fully saturated rings. The Balaban J connectivity index is 2.48. The van der Waals surface area contributed by atoms with Crippen molar-refractivity contribution >= 4 is 17.9 Å². The van der Waals surface area contributed by atoms with Crippen molar-refractivity contribution in [3.05, 3.63) is 71.3 Å². The number of unbranched alkanes of at least 4 members (excludes halogenated alkanes) is 4. The van der Waals surface area contributed by atoms with E-state index in [9.17, 15) is 14.4 Å². The van der Waals surface area contributed by atoms with Crippen LogP contribution < -0.4 is 10.6 Å². The molecule has 3 amide bonds. The summed E-state index contributed by atoms with van der Waals surface area (Å²) in [5, 5.41) is 5.85. The van der Waals surface area contributed by atoms with Gasteiger partial charge in [0.05, 0.1) is 0 Å². The molecule has 2 unspecified atom stereocenters. The first-order valence-corrected chi connectivity index (χ1v) is 15.1. The Morgan fingerprint density at radius 2 is 1.60 bits per heavy atom. The van der Waals surface area contributed by atoms with Gasteiger partial charge in [-0.25, -0.2) is 4.79 Å². The van der Waals surface area contributed by atoms with Crippen LogP contribution in [0.4, 0.5) is 4.79 Å². The summed E-state index contributed by atoms with van der Waals surface area (Å²) < 4.78 is 5.49. The maximum absolute atomic E-state index is 14.4. The molecule has 0 radical (unpaired) electrons. The molecule has 7 nitrogen and oxygen atoms in total. The average Bonchev–Trinajstić information content (AvgIpc) is 2.94. The zero-order chi connectivity index (χ0) is 31.1. The second kappa shape index (κ2) is 17.2. The molecular formula is C35H49N3O4. The third kappa shape index (κ3) is 12.0. The van der Waals surface area contributed by atoms with Gasteiger partial charge in [-0.2, -0.15) is 0 Å². The van der Waals surface area contributed by atoms with Gasteiger partial charge in [0.15, 0.2) is 0 Å². The number of hydrogen-bond donors (Lipinski definition) is 2. The van der Waals surface area contributed by atoms with Gasteiger partial charge in [-0.15, -0.1) is 6.42 Å². The topological polar surface area (TPSA) is 87.7 Å². The number of carbonyl (C=O) groups is 3. The van der Waals surface area contributed by atoms with Gasteiger partial charge in [-0.1, -0.05) is 94.8 Å². The third-order valence-electron chi connectivity index (χ3n) is 6.74. The summed E-state index contributed by atoms with van der Waals surface area (Å²) in [6.07, 6.45) is 10.3. The van der Waals surface area contributed by atoms with Crippen molar-refractivity contribution in [2.45, 2.75) is 104 Å². The lowest BCUT2D eigenvalue weighted by Crippen LogP contribution is -2.53. The van der Waals surface area contributed by atoms with Crippen LogP contribution in [0.25, 0.3) is 0 Å². The maximum Gasteiger partial charge on any atom is 0.408 e. The minimum Gasteiger partial charge on any atom is -0.444 e. The summed E-state index contributed by atoms with van der Waals surface area (Å²) in [6, 6.07) is 15.0. The molecule has 2 atom stereocenters. The largest absolute Gasteiger partial charge is 0.444 e. The van der Waals surface area contributed by atoms with E-state index in [1.807, 2.05) is 44.2 Å². The Hall–Kier alpha value is -3.79. The molecule has 2 aromatic rings. The number of terminal acetylenes is 1. The van der Waals surface area contributed by atoms with Crippen molar-refractivity contribution < 1.29 is 19.1 Å². The predicted octanol–water partition coefficient (Wildman–Crippen LogP) is 6.76. The van der Waals surface area contributed by atoms with Gasteiger partial charge in [-0.3, -0.25) is 9.59 Å². The second-order valence-electron chi connectivity index (χ2n) is 12.1. The summed E-state index contributed by atoms with van der Waals surface area (Å²) in [6.45, 7) is 12.2. The van der Waals surface area contributed by atoms with Crippen LogP contribution in [-0.2, 0) is 20.9 Å². The highest BCUT2D eigenvalue weighted by Crippen LogP contribution is 2.25. The summed E-state index contributed by atoms with van der Waals surface area (Å²) in [5.41, 5.74) is 1.58. The van der Waals surface area contributed by atoms with Crippen LogP contribution in [-0.4, -0.2) is 41.0 Å². The number of alkyl carbamates (subject to hydrolysis) is 1. The molecule has 2 aromatic carbocycles. The Morgan fingerprint density at radius 1 is 0.952 bits per heavy atom. The molecule has 2 rings (SSSR count). The van der Waals surface area contributed by atoms with Crippen molar-refractivity contribution in [3.63, 3.8) is 0 Å². The zero-order valence-electron chi connectivity index (χ0n) is 26.2. The third-order valence-corrected chi connectivity index (χ3v) is 6.74. The van der Waals surface area contributed by atoms with Crippen LogP contribution in [0, 0.1) is 18.3 Å². The first-order valence-electron chi connectivity index (χ1n) is 15.1. The molecule has 0 aliphatic heterocycles. The number of carbonyl (C=O) groups excluding carboxylic acids is 3. The van der Waals surface area contributed by atoms with Crippen LogP contribution in [0.1, 0.15) is 103 Å². The first-order chi connectivity index (χ1) is 19.9. The van der Waals surface area contributed by atoms with E-state index in [0.717, 1.165) is 37.7 Å². The number of nitrogens with zero attached hydrogens (tertiary/aromatic N) is 1. The Labute approximate surface area is 252 Å². The number of ether oxygens (including phenoxy) is 1. The highest BCUT2D eigenvalue weighted by atomic mass is 16.6. The highest BCUT2D eigenvalue weighted by molar-refractivity contribution is 5.92. The van der Waals surface area contributed by atoms with Crippen molar-refractivity contribution in [2.75, 3.05) is 6.54 Å². The zero-order valence-corrected chi connectivity index (χ0v) is 26.2. The van der Waals surface area contributed by atoms with Crippen LogP contribution in [0.2, 0.25) is 0 Å². The van der Waals surface area contributed by atoms with E-state index in [4.69, 9.17) is 11.2 Å². The van der Waals surface area contributed by atoms with Gasteiger partial charge in [0.2, 0.25) is 11.8 Å². The van der Waals surface area contributed by atoms with Gasteiger partial charge in [0, 0.05) is 18.7 Å². The van der Waals surface area contributed by atoms with E-state index in [-0.39, 0.29) is 17.7 Å². The molecule has 42 heavy (non-hydrogen) atoms. The fraction of sp³-hybridized carbons (Fsp3) is 0.514. The lowest BCUT2D eigenvalue weighted by molar-refractivity contribution is -0.143. The number of amides is 3. The summed E-state index contributed by atoms with van der Waals surface area (Å²) in [7, 11) is 0. The van der Waals surface area contributed by atoms with E-state index in [2.05, 4.69) is 23.5 Å². The summed E-state index contributed by atoms with van der Waals surface area (Å²) in [4.78, 5) is 42.7. The molecule has 0 saturated heterocycles. The van der Waals surface area contributed by atoms with Gasteiger partial charge < -0.3 is 20.3 Å². The Kier molecular flexibility index (Phi) is 14.1. The van der Waals surface area contributed by atoms with Crippen LogP contribution in [0.3, 0.4) is 0 Å².